The zero-order valence-electron chi connectivity index (χ0n) is 11.7. The van der Waals surface area contributed by atoms with Crippen LogP contribution in [0.2, 0.25) is 0 Å². The van der Waals surface area contributed by atoms with Crippen LogP contribution in [0.5, 0.6) is 0 Å². The average molecular weight is 273 g/mol. The van der Waals surface area contributed by atoms with Crippen LogP contribution in [0.4, 0.5) is 5.82 Å². The van der Waals surface area contributed by atoms with Crippen LogP contribution < -0.4 is 5.32 Å². The summed E-state index contributed by atoms with van der Waals surface area (Å²) in [5.41, 5.74) is 1.94. The molecule has 1 N–H and O–H groups in total. The highest BCUT2D eigenvalue weighted by Crippen LogP contribution is 2.13. The third-order valence-electron chi connectivity index (χ3n) is 3.63. The minimum Gasteiger partial charge on any atom is -0.369 e. The molecule has 0 unspecified atom stereocenters. The second kappa shape index (κ2) is 5.48. The highest BCUT2D eigenvalue weighted by molar-refractivity contribution is 5.77. The van der Waals surface area contributed by atoms with E-state index in [1.165, 1.54) is 6.33 Å². The van der Waals surface area contributed by atoms with Gasteiger partial charge in [0.15, 0.2) is 5.65 Å². The van der Waals surface area contributed by atoms with Crippen molar-refractivity contribution in [3.05, 3.63) is 24.0 Å². The first-order chi connectivity index (χ1) is 9.74. The monoisotopic (exact) mass is 273 g/mol. The second-order valence-electron chi connectivity index (χ2n) is 5.21. The van der Waals surface area contributed by atoms with E-state index in [1.54, 1.807) is 4.52 Å². The number of carbonyl (C=O) groups excluding carboxylic acids is 1. The summed E-state index contributed by atoms with van der Waals surface area (Å²) in [4.78, 5) is 18.1. The number of amides is 1. The molecule has 1 saturated heterocycles. The number of nitrogens with one attached hydrogen (secondary N) is 1. The number of fused-ring (bicyclic) bond motifs is 1. The normalized spacial score (nSPS) is 14.9. The average Bonchev–Trinajstić information content (AvgIpc) is 3.09. The molecular weight excluding hydrogens is 254 g/mol. The number of anilines is 1. The number of aryl methyl sites for hydroxylation is 1. The predicted octanol–water partition coefficient (Wildman–Crippen LogP) is 1.46. The van der Waals surface area contributed by atoms with Crippen LogP contribution in [0.1, 0.15) is 24.8 Å². The minimum absolute atomic E-state index is 0.234. The molecule has 2 aromatic rings. The Morgan fingerprint density at radius 1 is 1.35 bits per heavy atom. The van der Waals surface area contributed by atoms with Gasteiger partial charge in [-0.2, -0.15) is 9.61 Å². The molecule has 1 aliphatic rings. The molecule has 0 saturated carbocycles. The standard InChI is InChI=1S/C14H19N5O/c1-11-8-12(19-13(9-11)16-10-17-19)15-5-4-14(20)18-6-2-3-7-18/h8-10,15H,2-7H2,1H3. The SMILES string of the molecule is Cc1cc(NCCC(=O)N2CCCC2)n2ncnc2c1. The Hall–Kier alpha value is -2.11. The maximum atomic E-state index is 12.0. The molecule has 0 aromatic carbocycles. The fourth-order valence-electron chi connectivity index (χ4n) is 2.60. The molecule has 3 rings (SSSR count). The van der Waals surface area contributed by atoms with Crippen molar-refractivity contribution in [2.75, 3.05) is 25.0 Å². The third kappa shape index (κ3) is 2.59. The summed E-state index contributed by atoms with van der Waals surface area (Å²) in [6, 6.07) is 4.00. The molecule has 1 fully saturated rings. The van der Waals surface area contributed by atoms with Crippen molar-refractivity contribution in [2.24, 2.45) is 0 Å². The summed E-state index contributed by atoms with van der Waals surface area (Å²) >= 11 is 0. The number of hydrogen-bond donors (Lipinski definition) is 1. The zero-order chi connectivity index (χ0) is 13.9. The van der Waals surface area contributed by atoms with Crippen LogP contribution >= 0.6 is 0 Å². The topological polar surface area (TPSA) is 62.5 Å². The Labute approximate surface area is 117 Å². The molecule has 0 spiro atoms. The van der Waals surface area contributed by atoms with Crippen molar-refractivity contribution in [1.82, 2.24) is 19.5 Å². The molecule has 20 heavy (non-hydrogen) atoms. The first-order valence-corrected chi connectivity index (χ1v) is 7.06. The smallest absolute Gasteiger partial charge is 0.224 e. The quantitative estimate of drug-likeness (QED) is 0.916. The van der Waals surface area contributed by atoms with Crippen LogP contribution in [0, 0.1) is 6.92 Å². The summed E-state index contributed by atoms with van der Waals surface area (Å²) in [5.74, 6) is 1.12. The van der Waals surface area contributed by atoms with E-state index in [9.17, 15) is 4.79 Å². The highest BCUT2D eigenvalue weighted by Gasteiger charge is 2.17. The molecule has 3 heterocycles. The lowest BCUT2D eigenvalue weighted by Crippen LogP contribution is -2.29. The molecule has 0 bridgehead atoms. The van der Waals surface area contributed by atoms with E-state index in [0.717, 1.165) is 43.0 Å². The Kier molecular flexibility index (Phi) is 3.54. The van der Waals surface area contributed by atoms with E-state index in [2.05, 4.69) is 15.4 Å². The summed E-state index contributed by atoms with van der Waals surface area (Å²) < 4.78 is 1.76. The lowest BCUT2D eigenvalue weighted by Gasteiger charge is -2.15. The van der Waals surface area contributed by atoms with Gasteiger partial charge in [0, 0.05) is 26.1 Å². The molecule has 106 valence electrons. The fraction of sp³-hybridized carbons (Fsp3) is 0.500. The largest absolute Gasteiger partial charge is 0.369 e. The van der Waals surface area contributed by atoms with Crippen molar-refractivity contribution in [3.8, 4) is 0 Å². The fourth-order valence-corrected chi connectivity index (χ4v) is 2.60. The Balaban J connectivity index is 1.62. The number of hydrogen-bond acceptors (Lipinski definition) is 4. The summed E-state index contributed by atoms with van der Waals surface area (Å²) in [6.45, 7) is 4.47. The number of carbonyl (C=O) groups is 1. The Bertz CT molecular complexity index is 615. The number of aromatic nitrogens is 3. The molecule has 1 amide bonds. The van der Waals surface area contributed by atoms with Crippen LogP contribution in [-0.4, -0.2) is 45.0 Å². The van der Waals surface area contributed by atoms with Crippen LogP contribution in [0.3, 0.4) is 0 Å². The summed E-state index contributed by atoms with van der Waals surface area (Å²) in [5, 5.41) is 7.46. The molecule has 1 aliphatic heterocycles. The molecular formula is C14H19N5O. The van der Waals surface area contributed by atoms with Gasteiger partial charge in [0.2, 0.25) is 5.91 Å². The third-order valence-corrected chi connectivity index (χ3v) is 3.63. The summed E-state index contributed by atoms with van der Waals surface area (Å²) in [7, 11) is 0. The molecule has 0 radical (unpaired) electrons. The van der Waals surface area contributed by atoms with Gasteiger partial charge in [-0.1, -0.05) is 0 Å². The van der Waals surface area contributed by atoms with Crippen LogP contribution in [0.25, 0.3) is 5.65 Å². The van der Waals surface area contributed by atoms with Crippen molar-refractivity contribution in [2.45, 2.75) is 26.2 Å². The van der Waals surface area contributed by atoms with Gasteiger partial charge in [-0.05, 0) is 37.5 Å². The van der Waals surface area contributed by atoms with Crippen LogP contribution in [0.15, 0.2) is 18.5 Å². The lowest BCUT2D eigenvalue weighted by molar-refractivity contribution is -0.129. The van der Waals surface area contributed by atoms with Gasteiger partial charge < -0.3 is 10.2 Å². The van der Waals surface area contributed by atoms with Gasteiger partial charge in [0.05, 0.1) is 0 Å². The lowest BCUT2D eigenvalue weighted by atomic mass is 10.3. The Morgan fingerprint density at radius 3 is 2.95 bits per heavy atom. The van der Waals surface area contributed by atoms with Gasteiger partial charge in [-0.25, -0.2) is 4.98 Å². The van der Waals surface area contributed by atoms with E-state index in [0.29, 0.717) is 13.0 Å². The van der Waals surface area contributed by atoms with Crippen molar-refractivity contribution >= 4 is 17.4 Å². The van der Waals surface area contributed by atoms with Crippen molar-refractivity contribution in [1.29, 1.82) is 0 Å². The molecule has 0 aliphatic carbocycles. The number of likely N-dealkylation sites (tertiary alicyclic amines) is 1. The first-order valence-electron chi connectivity index (χ1n) is 7.06. The molecule has 6 heteroatoms. The first kappa shape index (κ1) is 12.9. The van der Waals surface area contributed by atoms with E-state index in [4.69, 9.17) is 0 Å². The van der Waals surface area contributed by atoms with E-state index in [1.807, 2.05) is 24.0 Å². The van der Waals surface area contributed by atoms with E-state index in [-0.39, 0.29) is 5.91 Å². The van der Waals surface area contributed by atoms with Gasteiger partial charge in [0.25, 0.3) is 0 Å². The van der Waals surface area contributed by atoms with Crippen molar-refractivity contribution < 1.29 is 4.79 Å². The van der Waals surface area contributed by atoms with Gasteiger partial charge in [-0.15, -0.1) is 0 Å². The van der Waals surface area contributed by atoms with E-state index >= 15 is 0 Å². The summed E-state index contributed by atoms with van der Waals surface area (Å²) in [6.07, 6.45) is 4.33. The second-order valence-corrected chi connectivity index (χ2v) is 5.21. The maximum Gasteiger partial charge on any atom is 0.224 e. The number of rotatable bonds is 4. The van der Waals surface area contributed by atoms with Crippen LogP contribution in [-0.2, 0) is 4.79 Å². The molecule has 0 atom stereocenters. The highest BCUT2D eigenvalue weighted by atomic mass is 16.2. The van der Waals surface area contributed by atoms with Gasteiger partial charge >= 0.3 is 0 Å². The predicted molar refractivity (Wildman–Crippen MR) is 76.6 cm³/mol. The van der Waals surface area contributed by atoms with E-state index < -0.39 is 0 Å². The molecule has 2 aromatic heterocycles. The molecule has 6 nitrogen and oxygen atoms in total. The van der Waals surface area contributed by atoms with Crippen molar-refractivity contribution in [3.63, 3.8) is 0 Å². The minimum atomic E-state index is 0.234. The van der Waals surface area contributed by atoms with Gasteiger partial charge in [0.1, 0.15) is 12.1 Å². The zero-order valence-corrected chi connectivity index (χ0v) is 11.7. The Morgan fingerprint density at radius 2 is 2.15 bits per heavy atom. The van der Waals surface area contributed by atoms with Gasteiger partial charge in [-0.3, -0.25) is 4.79 Å². The maximum absolute atomic E-state index is 12.0. The number of nitrogens with zero attached hydrogens (tertiary/aromatic N) is 4. The number of pyridine rings is 1.